The van der Waals surface area contributed by atoms with Gasteiger partial charge in [-0.1, -0.05) is 0 Å². The van der Waals surface area contributed by atoms with Crippen molar-refractivity contribution in [2.24, 2.45) is 0 Å². The van der Waals surface area contributed by atoms with E-state index in [1.54, 1.807) is 36.4 Å². The molecule has 54 heavy (non-hydrogen) atoms. The molecule has 16 heteroatoms. The van der Waals surface area contributed by atoms with E-state index in [-0.39, 0.29) is 33.4 Å². The lowest BCUT2D eigenvalue weighted by Gasteiger charge is -2.21. The number of allylic oxidation sites excluding steroid dienone is 10. The topological polar surface area (TPSA) is 194 Å². The Balaban J connectivity index is 1.97. The fourth-order valence-electron chi connectivity index (χ4n) is 6.20. The summed E-state index contributed by atoms with van der Waals surface area (Å²) in [6, 6.07) is 19.1. The number of aromatic nitrogens is 4. The van der Waals surface area contributed by atoms with Crippen molar-refractivity contribution < 1.29 is 26.3 Å². The third kappa shape index (κ3) is 5.99. The van der Waals surface area contributed by atoms with Crippen LogP contribution in [0.4, 0.5) is 26.3 Å². The summed E-state index contributed by atoms with van der Waals surface area (Å²) in [5.74, 6) is -1.51. The third-order valence-corrected chi connectivity index (χ3v) is 8.08. The van der Waals surface area contributed by atoms with E-state index in [1.807, 2.05) is 0 Å². The summed E-state index contributed by atoms with van der Waals surface area (Å²) in [4.78, 5) is 15.7. The average Bonchev–Trinajstić information content (AvgIpc) is 3.69. The Labute approximate surface area is 300 Å². The summed E-state index contributed by atoms with van der Waals surface area (Å²) in [6.07, 6.45) is -6.99. The molecule has 0 amide bonds. The van der Waals surface area contributed by atoms with Crippen molar-refractivity contribution >= 4 is 22.3 Å². The van der Waals surface area contributed by atoms with Crippen LogP contribution in [0.15, 0.2) is 107 Å². The number of hydrogen-bond donors (Lipinski definition) is 0. The first-order valence-corrected chi connectivity index (χ1v) is 15.0. The number of nitriles is 6. The van der Waals surface area contributed by atoms with Crippen molar-refractivity contribution in [2.45, 2.75) is 12.4 Å². The van der Waals surface area contributed by atoms with Crippen molar-refractivity contribution in [2.75, 3.05) is 0 Å². The predicted octanol–water partition coefficient (Wildman–Crippen LogP) is 7.36. The average molecular weight is 723 g/mol. The summed E-state index contributed by atoms with van der Waals surface area (Å²) >= 11 is 0. The highest BCUT2D eigenvalue weighted by atomic mass is 19.4. The highest BCUT2D eigenvalue weighted by Crippen LogP contribution is 2.63. The van der Waals surface area contributed by atoms with E-state index in [2.05, 4.69) is 19.9 Å². The van der Waals surface area contributed by atoms with Crippen LogP contribution in [0, 0.1) is 68.0 Å². The largest absolute Gasteiger partial charge is 0.417 e. The van der Waals surface area contributed by atoms with Crippen LogP contribution >= 0.6 is 0 Å². The second-order valence-corrected chi connectivity index (χ2v) is 11.2. The Kier molecular flexibility index (Phi) is 8.92. The minimum atomic E-state index is -5.55. The summed E-state index contributed by atoms with van der Waals surface area (Å²) in [5, 5.41) is 59.9. The molecule has 2 heterocycles. The van der Waals surface area contributed by atoms with Gasteiger partial charge in [-0.05, 0) is 59.7 Å². The maximum Gasteiger partial charge on any atom is 0.417 e. The number of halogens is 6. The number of alkyl halides is 6. The van der Waals surface area contributed by atoms with E-state index in [4.69, 9.17) is 0 Å². The van der Waals surface area contributed by atoms with Crippen LogP contribution < -0.4 is 0 Å². The molecule has 2 aromatic heterocycles. The zero-order valence-electron chi connectivity index (χ0n) is 26.7. The maximum atomic E-state index is 15.8. The number of hydrogen-bond acceptors (Lipinski definition) is 10. The van der Waals surface area contributed by atoms with Crippen LogP contribution in [0.1, 0.15) is 45.0 Å². The molecule has 0 bridgehead atoms. The van der Waals surface area contributed by atoms with Crippen molar-refractivity contribution in [3.05, 3.63) is 152 Å². The molecule has 0 unspecified atom stereocenters. The zero-order valence-corrected chi connectivity index (χ0v) is 26.7. The predicted molar refractivity (Wildman–Crippen MR) is 174 cm³/mol. The summed E-state index contributed by atoms with van der Waals surface area (Å²) < 4.78 is 94.7. The second-order valence-electron chi connectivity index (χ2n) is 11.2. The fraction of sp³-hybridized carbons (Fsp3) is 0.0526. The Morgan fingerprint density at radius 2 is 0.741 bits per heavy atom. The molecule has 0 fully saturated rings. The lowest BCUT2D eigenvalue weighted by atomic mass is 9.85. The van der Waals surface area contributed by atoms with Crippen molar-refractivity contribution in [3.8, 4) is 36.4 Å². The second kappa shape index (κ2) is 13.5. The van der Waals surface area contributed by atoms with Gasteiger partial charge in [-0.3, -0.25) is 0 Å². The Morgan fingerprint density at radius 3 is 0.981 bits per heavy atom. The van der Waals surface area contributed by atoms with Gasteiger partial charge in [-0.15, -0.1) is 0 Å². The molecule has 10 nitrogen and oxygen atoms in total. The molecule has 0 N–H and O–H groups in total. The minimum Gasteiger partial charge on any atom is -0.237 e. The molecule has 0 atom stereocenters. The fourth-order valence-corrected chi connectivity index (χ4v) is 6.20. The van der Waals surface area contributed by atoms with Gasteiger partial charge in [-0.25, -0.2) is 19.9 Å². The van der Waals surface area contributed by atoms with Crippen LogP contribution in [0.5, 0.6) is 0 Å². The van der Waals surface area contributed by atoms with Crippen LogP contribution in [-0.2, 0) is 0 Å². The van der Waals surface area contributed by atoms with Crippen LogP contribution in [0.2, 0.25) is 0 Å². The molecule has 2 aliphatic carbocycles. The van der Waals surface area contributed by atoms with Crippen LogP contribution in [0.3, 0.4) is 0 Å². The quantitative estimate of drug-likeness (QED) is 0.152. The van der Waals surface area contributed by atoms with E-state index >= 15 is 26.3 Å². The van der Waals surface area contributed by atoms with E-state index < -0.39 is 79.7 Å². The molecule has 0 saturated carbocycles. The monoisotopic (exact) mass is 722 g/mol. The van der Waals surface area contributed by atoms with Crippen LogP contribution in [0.25, 0.3) is 22.3 Å². The first-order valence-electron chi connectivity index (χ1n) is 15.0. The Hall–Kier alpha value is -8.18. The zero-order chi connectivity index (χ0) is 38.9. The lowest BCUT2D eigenvalue weighted by Crippen LogP contribution is -2.18. The lowest BCUT2D eigenvalue weighted by molar-refractivity contribution is -0.0902. The molecule has 256 valence electrons. The van der Waals surface area contributed by atoms with Gasteiger partial charge in [0.05, 0.1) is 68.8 Å². The van der Waals surface area contributed by atoms with Gasteiger partial charge >= 0.3 is 12.4 Å². The Bertz CT molecular complexity index is 2480. The minimum absolute atomic E-state index is 0.239. The summed E-state index contributed by atoms with van der Waals surface area (Å²) in [6.45, 7) is 0. The van der Waals surface area contributed by atoms with E-state index in [1.165, 1.54) is 12.1 Å². The van der Waals surface area contributed by atoms with Gasteiger partial charge in [0.25, 0.3) is 0 Å². The standard InChI is InChI=1S/C38H12F6N10/c39-37(40,41)33-30-28(26(18-50)24-11-21(15-47)8-22(12-24)16-48)32(36-53-5-2-6-54-36)34(38(42,43)44)29(30)27(31(33)35-51-3-1-4-52-35)25(17-49)23-9-19(13-45)7-20(10-23)14-46/h1-12H/b27-25+,28-26+. The number of benzene rings is 2. The molecule has 6 rings (SSSR count). The molecule has 2 aliphatic rings. The van der Waals surface area contributed by atoms with E-state index in [0.717, 1.165) is 61.2 Å². The normalized spacial score (nSPS) is 15.7. The molecule has 0 spiro atoms. The molecule has 0 aliphatic heterocycles. The van der Waals surface area contributed by atoms with Crippen LogP contribution in [-0.4, -0.2) is 32.3 Å². The van der Waals surface area contributed by atoms with Crippen molar-refractivity contribution in [3.63, 3.8) is 0 Å². The van der Waals surface area contributed by atoms with Gasteiger partial charge in [0.2, 0.25) is 0 Å². The summed E-state index contributed by atoms with van der Waals surface area (Å²) in [7, 11) is 0. The highest BCUT2D eigenvalue weighted by Gasteiger charge is 2.57. The molecule has 4 aromatic rings. The van der Waals surface area contributed by atoms with Gasteiger partial charge < -0.3 is 0 Å². The van der Waals surface area contributed by atoms with Crippen molar-refractivity contribution in [1.82, 2.24) is 19.9 Å². The molecule has 2 aromatic carbocycles. The van der Waals surface area contributed by atoms with Gasteiger partial charge in [-0.2, -0.15) is 57.9 Å². The third-order valence-electron chi connectivity index (χ3n) is 8.08. The van der Waals surface area contributed by atoms with E-state index in [9.17, 15) is 31.6 Å². The first kappa shape index (κ1) is 35.6. The highest BCUT2D eigenvalue weighted by molar-refractivity contribution is 6.14. The SMILES string of the molecule is N#C/C(=C1C2=C(C(C(F)(F)F)=C/1c1ncccn1)/C(=C(/C#N)c1cc(C#N)cc(C#N)c1)C(c1ncccn1)=C2C(F)(F)F)c1cc(C#N)cc(C#N)c1. The Morgan fingerprint density at radius 1 is 0.444 bits per heavy atom. The van der Waals surface area contributed by atoms with Gasteiger partial charge in [0.1, 0.15) is 12.1 Å². The number of nitrogens with zero attached hydrogens (tertiary/aromatic N) is 10. The molecular formula is C38H12F6N10. The maximum absolute atomic E-state index is 15.8. The number of rotatable bonds is 4. The molecule has 0 saturated heterocycles. The summed E-state index contributed by atoms with van der Waals surface area (Å²) in [5.41, 5.74) is -13.4. The van der Waals surface area contributed by atoms with Gasteiger partial charge in [0, 0.05) is 58.2 Å². The molecular weight excluding hydrogens is 710 g/mol. The first-order chi connectivity index (χ1) is 25.8. The molecule has 0 radical (unpaired) electrons. The van der Waals surface area contributed by atoms with Gasteiger partial charge in [0.15, 0.2) is 11.6 Å². The van der Waals surface area contributed by atoms with Crippen molar-refractivity contribution in [1.29, 1.82) is 31.6 Å². The smallest absolute Gasteiger partial charge is 0.237 e. The van der Waals surface area contributed by atoms with E-state index in [0.29, 0.717) is 0 Å².